The Balaban J connectivity index is 1.83. The molecule has 1 unspecified atom stereocenters. The topological polar surface area (TPSA) is 4.93 Å². The fourth-order valence-electron chi connectivity index (χ4n) is 6.38. The van der Waals surface area contributed by atoms with E-state index in [1.807, 2.05) is 0 Å². The number of hydrogen-bond acceptors (Lipinski definition) is 0. The Kier molecular flexibility index (Phi) is 5.37. The molecule has 0 spiro atoms. The normalized spacial score (nSPS) is 13.7. The lowest BCUT2D eigenvalue weighted by atomic mass is 9.89. The van der Waals surface area contributed by atoms with Crippen LogP contribution in [0.25, 0.3) is 66.1 Å². The summed E-state index contributed by atoms with van der Waals surface area (Å²) in [6.07, 6.45) is 12.5. The number of rotatable bonds is 6. The van der Waals surface area contributed by atoms with Crippen molar-refractivity contribution in [2.24, 2.45) is 0 Å². The highest BCUT2D eigenvalue weighted by Gasteiger charge is 2.22. The van der Waals surface area contributed by atoms with Gasteiger partial charge < -0.3 is 4.57 Å². The van der Waals surface area contributed by atoms with Crippen molar-refractivity contribution in [1.82, 2.24) is 4.57 Å². The van der Waals surface area contributed by atoms with E-state index >= 15 is 0 Å². The van der Waals surface area contributed by atoms with Crippen LogP contribution < -0.4 is 0 Å². The van der Waals surface area contributed by atoms with Gasteiger partial charge in [0.1, 0.15) is 0 Å². The van der Waals surface area contributed by atoms with Gasteiger partial charge in [-0.3, -0.25) is 0 Å². The largest absolute Gasteiger partial charge is 0.337 e. The minimum Gasteiger partial charge on any atom is -0.337 e. The van der Waals surface area contributed by atoms with Crippen molar-refractivity contribution in [2.75, 3.05) is 0 Å². The lowest BCUT2D eigenvalue weighted by Crippen LogP contribution is -2.09. The van der Waals surface area contributed by atoms with Crippen molar-refractivity contribution in [3.63, 3.8) is 0 Å². The quantitative estimate of drug-likeness (QED) is 0.174. The van der Waals surface area contributed by atoms with Crippen molar-refractivity contribution in [2.45, 2.75) is 53.0 Å². The van der Waals surface area contributed by atoms with Crippen LogP contribution >= 0.6 is 0 Å². The first-order valence-electron chi connectivity index (χ1n) is 13.1. The summed E-state index contributed by atoms with van der Waals surface area (Å²) in [6, 6.07) is 23.6. The van der Waals surface area contributed by atoms with Crippen LogP contribution in [-0.4, -0.2) is 4.57 Å². The van der Waals surface area contributed by atoms with Gasteiger partial charge in [-0.25, -0.2) is 0 Å². The van der Waals surface area contributed by atoms with Crippen LogP contribution in [0.15, 0.2) is 72.8 Å². The van der Waals surface area contributed by atoms with Gasteiger partial charge in [-0.15, -0.1) is 0 Å². The summed E-state index contributed by atoms with van der Waals surface area (Å²) in [5.41, 5.74) is 4.03. The first-order valence-corrected chi connectivity index (χ1v) is 13.1. The maximum absolute atomic E-state index is 2.62. The van der Waals surface area contributed by atoms with Crippen LogP contribution in [0.4, 0.5) is 0 Å². The standard InChI is InChI=1S/C34H33N/c1-5-10-25(8-4)35-30(12-7-3)28(11-6-2)34-29-21-24-16-15-22-13-9-14-23-17-18-27(33(24)32(22)23)26(29)19-20-31(34)35/h6-7,9,11-21,25H,5,8,10H2,1-4H3/b11-6-,12-7-. The highest BCUT2D eigenvalue weighted by Crippen LogP contribution is 2.43. The van der Waals surface area contributed by atoms with Crippen LogP contribution in [0.3, 0.4) is 0 Å². The fraction of sp³-hybridized carbons (Fsp3) is 0.235. The second kappa shape index (κ2) is 8.57. The summed E-state index contributed by atoms with van der Waals surface area (Å²) in [6.45, 7) is 8.89. The molecule has 0 saturated carbocycles. The lowest BCUT2D eigenvalue weighted by Gasteiger charge is -2.20. The van der Waals surface area contributed by atoms with Crippen LogP contribution in [0.1, 0.15) is 64.3 Å². The first-order chi connectivity index (χ1) is 17.2. The predicted octanol–water partition coefficient (Wildman–Crippen LogP) is 10.5. The SMILES string of the molecule is C/C=C\c1c(/C=C\C)n(C(CC)CCC)c2ccc3c(cc4ccc5cccc6ccc3c4c56)c12. The maximum Gasteiger partial charge on any atom is 0.0500 e. The zero-order valence-electron chi connectivity index (χ0n) is 21.2. The van der Waals surface area contributed by atoms with E-state index < -0.39 is 0 Å². The molecule has 0 N–H and O–H groups in total. The highest BCUT2D eigenvalue weighted by molar-refractivity contribution is 6.31. The average molecular weight is 456 g/mol. The van der Waals surface area contributed by atoms with E-state index in [1.54, 1.807) is 0 Å². The van der Waals surface area contributed by atoms with Crippen molar-refractivity contribution in [3.8, 4) is 0 Å². The molecule has 6 aromatic rings. The smallest absolute Gasteiger partial charge is 0.0500 e. The third-order valence-electron chi connectivity index (χ3n) is 7.80. The molecule has 5 aromatic carbocycles. The molecule has 174 valence electrons. The molecular weight excluding hydrogens is 422 g/mol. The number of allylic oxidation sites excluding steroid dienone is 2. The van der Waals surface area contributed by atoms with Crippen LogP contribution in [-0.2, 0) is 0 Å². The minimum absolute atomic E-state index is 0.496. The second-order valence-corrected chi connectivity index (χ2v) is 9.81. The van der Waals surface area contributed by atoms with E-state index in [2.05, 4.69) is 117 Å². The van der Waals surface area contributed by atoms with Gasteiger partial charge in [0.05, 0.1) is 5.52 Å². The Morgan fingerprint density at radius 3 is 2.14 bits per heavy atom. The van der Waals surface area contributed by atoms with Gasteiger partial charge >= 0.3 is 0 Å². The molecule has 1 heterocycles. The molecule has 1 nitrogen and oxygen atoms in total. The summed E-state index contributed by atoms with van der Waals surface area (Å²) in [7, 11) is 0. The summed E-state index contributed by atoms with van der Waals surface area (Å²) < 4.78 is 2.62. The molecule has 0 fully saturated rings. The fourth-order valence-corrected chi connectivity index (χ4v) is 6.38. The summed E-state index contributed by atoms with van der Waals surface area (Å²) in [4.78, 5) is 0. The molecule has 0 amide bonds. The Hall–Kier alpha value is -3.58. The molecule has 1 heteroatoms. The van der Waals surface area contributed by atoms with Crippen molar-refractivity contribution >= 4 is 66.1 Å². The van der Waals surface area contributed by atoms with E-state index in [-0.39, 0.29) is 0 Å². The summed E-state index contributed by atoms with van der Waals surface area (Å²) >= 11 is 0. The van der Waals surface area contributed by atoms with Gasteiger partial charge in [-0.05, 0) is 88.0 Å². The van der Waals surface area contributed by atoms with Crippen molar-refractivity contribution in [1.29, 1.82) is 0 Å². The van der Waals surface area contributed by atoms with Crippen LogP contribution in [0.2, 0.25) is 0 Å². The van der Waals surface area contributed by atoms with E-state index in [9.17, 15) is 0 Å². The monoisotopic (exact) mass is 455 g/mol. The molecule has 0 radical (unpaired) electrons. The zero-order chi connectivity index (χ0) is 24.1. The maximum atomic E-state index is 2.62. The van der Waals surface area contributed by atoms with Gasteiger partial charge in [-0.2, -0.15) is 0 Å². The molecule has 0 aliphatic heterocycles. The Morgan fingerprint density at radius 1 is 0.714 bits per heavy atom. The Morgan fingerprint density at radius 2 is 1.43 bits per heavy atom. The number of nitrogens with zero attached hydrogens (tertiary/aromatic N) is 1. The molecule has 0 saturated heterocycles. The van der Waals surface area contributed by atoms with E-state index in [1.165, 1.54) is 78.1 Å². The van der Waals surface area contributed by atoms with E-state index in [0.717, 1.165) is 6.42 Å². The third-order valence-corrected chi connectivity index (χ3v) is 7.80. The number of benzene rings is 5. The first kappa shape index (κ1) is 21.9. The van der Waals surface area contributed by atoms with E-state index in [0.29, 0.717) is 6.04 Å². The molecule has 35 heavy (non-hydrogen) atoms. The van der Waals surface area contributed by atoms with Crippen LogP contribution in [0.5, 0.6) is 0 Å². The van der Waals surface area contributed by atoms with Gasteiger partial charge in [0.25, 0.3) is 0 Å². The molecule has 0 bridgehead atoms. The van der Waals surface area contributed by atoms with Crippen molar-refractivity contribution in [3.05, 3.63) is 84.1 Å². The van der Waals surface area contributed by atoms with Gasteiger partial charge in [0.2, 0.25) is 0 Å². The number of aromatic nitrogens is 1. The molecule has 6 rings (SSSR count). The van der Waals surface area contributed by atoms with Gasteiger partial charge in [0.15, 0.2) is 0 Å². The molecule has 1 aromatic heterocycles. The minimum atomic E-state index is 0.496. The molecule has 0 aliphatic rings. The molecular formula is C34H33N. The highest BCUT2D eigenvalue weighted by atomic mass is 15.0. The van der Waals surface area contributed by atoms with Gasteiger partial charge in [-0.1, -0.05) is 87.0 Å². The number of hydrogen-bond donors (Lipinski definition) is 0. The zero-order valence-corrected chi connectivity index (χ0v) is 21.2. The van der Waals surface area contributed by atoms with E-state index in [4.69, 9.17) is 0 Å². The Bertz CT molecular complexity index is 1740. The number of fused-ring (bicyclic) bond motifs is 4. The summed E-state index contributed by atoms with van der Waals surface area (Å²) in [5.74, 6) is 0. The van der Waals surface area contributed by atoms with Crippen LogP contribution in [0, 0.1) is 0 Å². The third kappa shape index (κ3) is 3.14. The molecule has 0 aliphatic carbocycles. The lowest BCUT2D eigenvalue weighted by molar-refractivity contribution is 0.458. The second-order valence-electron chi connectivity index (χ2n) is 9.81. The van der Waals surface area contributed by atoms with Gasteiger partial charge in [0, 0.05) is 22.7 Å². The predicted molar refractivity (Wildman–Crippen MR) is 157 cm³/mol. The summed E-state index contributed by atoms with van der Waals surface area (Å²) in [5, 5.41) is 12.2. The Labute approximate surface area is 207 Å². The molecule has 1 atom stereocenters. The van der Waals surface area contributed by atoms with Crippen molar-refractivity contribution < 1.29 is 0 Å². The average Bonchev–Trinajstić information content (AvgIpc) is 3.19.